The quantitative estimate of drug-likeness (QED) is 0.116. The molecule has 0 bridgehead atoms. The average molecular weight is 612 g/mol. The topological polar surface area (TPSA) is 12.0 Å². The molecule has 0 saturated heterocycles. The fourth-order valence-corrected chi connectivity index (χ4v) is 7.73. The third-order valence-corrected chi connectivity index (χ3v) is 11.7. The maximum absolute atomic E-state index is 3.99. The van der Waals surface area contributed by atoms with Crippen LogP contribution in [0.1, 0.15) is 52.3 Å². The number of nitrogens with one attached hydrogen (secondary N) is 1. The SMILES string of the molecule is C=CCC(NCc1ccccc1)c1ccc(-c2ccc(S(C)(C)CCc3ccc(CCCc4ccc(C)cc4)cc3)cc2)cc1. The van der Waals surface area contributed by atoms with Gasteiger partial charge in [-0.05, 0) is 113 Å². The van der Waals surface area contributed by atoms with Gasteiger partial charge in [0.1, 0.15) is 0 Å². The number of rotatable bonds is 15. The van der Waals surface area contributed by atoms with Crippen molar-refractivity contribution in [3.8, 4) is 11.1 Å². The summed E-state index contributed by atoms with van der Waals surface area (Å²) in [5.41, 5.74) is 10.8. The summed E-state index contributed by atoms with van der Waals surface area (Å²) in [5, 5.41) is 3.71. The van der Waals surface area contributed by atoms with E-state index < -0.39 is 10.0 Å². The van der Waals surface area contributed by atoms with Gasteiger partial charge in [0, 0.05) is 12.6 Å². The monoisotopic (exact) mass is 611 g/mol. The molecule has 0 aliphatic heterocycles. The minimum absolute atomic E-state index is 0.254. The van der Waals surface area contributed by atoms with Crippen molar-refractivity contribution < 1.29 is 0 Å². The first-order valence-corrected chi connectivity index (χ1v) is 18.9. The molecule has 5 rings (SSSR count). The first-order chi connectivity index (χ1) is 21.9. The van der Waals surface area contributed by atoms with Crippen molar-refractivity contribution in [3.05, 3.63) is 173 Å². The van der Waals surface area contributed by atoms with Crippen molar-refractivity contribution >= 4 is 10.0 Å². The van der Waals surface area contributed by atoms with Crippen LogP contribution < -0.4 is 5.32 Å². The molecule has 1 N–H and O–H groups in total. The Balaban J connectivity index is 1.12. The third-order valence-electron chi connectivity index (χ3n) is 8.91. The summed E-state index contributed by atoms with van der Waals surface area (Å²) in [5.74, 6) is 1.20. The highest BCUT2D eigenvalue weighted by Gasteiger charge is 2.16. The predicted octanol–water partition coefficient (Wildman–Crippen LogP) is 10.9. The van der Waals surface area contributed by atoms with Gasteiger partial charge in [-0.1, -0.05) is 127 Å². The smallest absolute Gasteiger partial charge is 0.0357 e. The molecule has 45 heavy (non-hydrogen) atoms. The van der Waals surface area contributed by atoms with Crippen molar-refractivity contribution in [2.75, 3.05) is 18.3 Å². The van der Waals surface area contributed by atoms with Gasteiger partial charge in [0.05, 0.1) is 0 Å². The number of aryl methyl sites for hydroxylation is 4. The Morgan fingerprint density at radius 3 is 1.73 bits per heavy atom. The lowest BCUT2D eigenvalue weighted by molar-refractivity contribution is 0.539. The lowest BCUT2D eigenvalue weighted by atomic mass is 9.99. The van der Waals surface area contributed by atoms with Gasteiger partial charge in [-0.3, -0.25) is 0 Å². The second kappa shape index (κ2) is 15.9. The van der Waals surface area contributed by atoms with Crippen LogP contribution in [0.15, 0.2) is 145 Å². The zero-order valence-electron chi connectivity index (χ0n) is 27.3. The van der Waals surface area contributed by atoms with E-state index in [2.05, 4.69) is 159 Å². The minimum Gasteiger partial charge on any atom is -0.306 e. The van der Waals surface area contributed by atoms with Gasteiger partial charge in [0.2, 0.25) is 0 Å². The van der Waals surface area contributed by atoms with Crippen LogP contribution in [0, 0.1) is 6.92 Å². The normalized spacial score (nSPS) is 12.5. The Bertz CT molecular complexity index is 1600. The first kappa shape index (κ1) is 32.5. The van der Waals surface area contributed by atoms with Gasteiger partial charge < -0.3 is 5.32 Å². The highest BCUT2D eigenvalue weighted by Crippen LogP contribution is 2.49. The summed E-state index contributed by atoms with van der Waals surface area (Å²) in [4.78, 5) is 1.48. The Hall–Kier alpha value is -3.85. The molecular weight excluding hydrogens is 563 g/mol. The zero-order valence-corrected chi connectivity index (χ0v) is 28.2. The molecule has 0 fully saturated rings. The molecule has 0 radical (unpaired) electrons. The predicted molar refractivity (Wildman–Crippen MR) is 199 cm³/mol. The lowest BCUT2D eigenvalue weighted by Gasteiger charge is -2.32. The van der Waals surface area contributed by atoms with Gasteiger partial charge in [-0.25, -0.2) is 10.0 Å². The fourth-order valence-electron chi connectivity index (χ4n) is 5.88. The van der Waals surface area contributed by atoms with E-state index in [1.807, 2.05) is 6.08 Å². The van der Waals surface area contributed by atoms with Gasteiger partial charge in [-0.15, -0.1) is 6.58 Å². The summed E-state index contributed by atoms with van der Waals surface area (Å²) in [6.45, 7) is 6.99. The molecule has 0 aromatic heterocycles. The largest absolute Gasteiger partial charge is 0.306 e. The van der Waals surface area contributed by atoms with Crippen LogP contribution in [0.5, 0.6) is 0 Å². The number of hydrogen-bond acceptors (Lipinski definition) is 1. The highest BCUT2D eigenvalue weighted by molar-refractivity contribution is 8.32. The molecule has 1 atom stereocenters. The number of hydrogen-bond donors (Lipinski definition) is 1. The van der Waals surface area contributed by atoms with Gasteiger partial charge in [0.25, 0.3) is 0 Å². The summed E-state index contributed by atoms with van der Waals surface area (Å²) < 4.78 is 0. The van der Waals surface area contributed by atoms with Crippen molar-refractivity contribution in [1.82, 2.24) is 5.32 Å². The summed E-state index contributed by atoms with van der Waals surface area (Å²) >= 11 is 0. The molecule has 0 spiro atoms. The van der Waals surface area contributed by atoms with E-state index in [1.54, 1.807) is 0 Å². The molecule has 0 saturated carbocycles. The summed E-state index contributed by atoms with van der Waals surface area (Å²) in [6, 6.07) is 47.5. The van der Waals surface area contributed by atoms with E-state index in [0.717, 1.165) is 32.2 Å². The zero-order chi connectivity index (χ0) is 31.5. The average Bonchev–Trinajstić information content (AvgIpc) is 3.08. The molecule has 1 nitrogen and oxygen atoms in total. The van der Waals surface area contributed by atoms with Crippen molar-refractivity contribution in [2.45, 2.75) is 56.5 Å². The van der Waals surface area contributed by atoms with Crippen molar-refractivity contribution in [2.24, 2.45) is 0 Å². The van der Waals surface area contributed by atoms with Crippen molar-refractivity contribution in [1.29, 1.82) is 0 Å². The Morgan fingerprint density at radius 2 is 1.16 bits per heavy atom. The Morgan fingerprint density at radius 1 is 0.622 bits per heavy atom. The maximum Gasteiger partial charge on any atom is 0.0357 e. The van der Waals surface area contributed by atoms with Gasteiger partial charge in [-0.2, -0.15) is 0 Å². The van der Waals surface area contributed by atoms with E-state index in [1.165, 1.54) is 61.6 Å². The lowest BCUT2D eigenvalue weighted by Crippen LogP contribution is -2.20. The molecular formula is C43H49NS. The Labute approximate surface area is 273 Å². The third kappa shape index (κ3) is 9.57. The second-order valence-electron chi connectivity index (χ2n) is 12.7. The van der Waals surface area contributed by atoms with Crippen LogP contribution >= 0.6 is 10.0 Å². The highest BCUT2D eigenvalue weighted by atomic mass is 32.3. The van der Waals surface area contributed by atoms with E-state index in [9.17, 15) is 0 Å². The fraction of sp³-hybridized carbons (Fsp3) is 0.256. The molecule has 1 unspecified atom stereocenters. The van der Waals surface area contributed by atoms with E-state index in [0.29, 0.717) is 0 Å². The molecule has 232 valence electrons. The second-order valence-corrected chi connectivity index (χ2v) is 16.7. The van der Waals surface area contributed by atoms with Crippen molar-refractivity contribution in [3.63, 3.8) is 0 Å². The van der Waals surface area contributed by atoms with Crippen LogP contribution in [-0.2, 0) is 25.8 Å². The minimum atomic E-state index is -0.887. The summed E-state index contributed by atoms with van der Waals surface area (Å²) in [7, 11) is -0.887. The Kier molecular flexibility index (Phi) is 11.5. The molecule has 0 aliphatic carbocycles. The van der Waals surface area contributed by atoms with Crippen LogP contribution in [-0.4, -0.2) is 18.3 Å². The van der Waals surface area contributed by atoms with E-state index in [4.69, 9.17) is 0 Å². The maximum atomic E-state index is 3.99. The standard InChI is InChI=1S/C43H49NS/c1-5-10-43(44-33-38-11-7-6-8-12-38)41-25-23-39(24-26-41)40-27-29-42(30-28-40)45(3,4)32-31-37-21-19-36(20-22-37)14-9-13-35-17-15-34(2)16-18-35/h5-8,11-12,15-30,43-44H,1,9-10,13-14,31-33H2,2-4H3. The molecule has 2 heteroatoms. The molecule has 0 aliphatic rings. The van der Waals surface area contributed by atoms with Crippen LogP contribution in [0.3, 0.4) is 0 Å². The van der Waals surface area contributed by atoms with Crippen LogP contribution in [0.2, 0.25) is 0 Å². The van der Waals surface area contributed by atoms with Crippen LogP contribution in [0.25, 0.3) is 11.1 Å². The van der Waals surface area contributed by atoms with Gasteiger partial charge >= 0.3 is 0 Å². The molecule has 5 aromatic carbocycles. The first-order valence-electron chi connectivity index (χ1n) is 16.3. The van der Waals surface area contributed by atoms with E-state index >= 15 is 0 Å². The molecule has 0 heterocycles. The number of benzene rings is 5. The molecule has 5 aromatic rings. The van der Waals surface area contributed by atoms with Gasteiger partial charge in [0.15, 0.2) is 0 Å². The molecule has 0 amide bonds. The van der Waals surface area contributed by atoms with E-state index in [-0.39, 0.29) is 6.04 Å². The summed E-state index contributed by atoms with van der Waals surface area (Å²) in [6.07, 6.45) is 12.4. The van der Waals surface area contributed by atoms with Crippen LogP contribution in [0.4, 0.5) is 0 Å².